The number of hydrogen-bond donors (Lipinski definition) is 2. The standard InChI is InChI=1S/C6H5NO4.CH5N/c8-4-1-2-5(9)7(4)3-6(10)11;1-2/h1-2H,3H2,(H,10,11);2H2,1H3. The maximum Gasteiger partial charge on any atom is 0.323 e. The fraction of sp³-hybridized carbons (Fsp3) is 0.286. The van der Waals surface area contributed by atoms with Crippen LogP contribution in [0.5, 0.6) is 0 Å². The zero-order valence-corrected chi connectivity index (χ0v) is 7.06. The maximum absolute atomic E-state index is 10.7. The predicted octanol–water partition coefficient (Wildman–Crippen LogP) is -1.43. The van der Waals surface area contributed by atoms with Gasteiger partial charge in [0, 0.05) is 12.2 Å². The van der Waals surface area contributed by atoms with Gasteiger partial charge in [-0.05, 0) is 7.05 Å². The molecular formula is C7H10N2O4. The van der Waals surface area contributed by atoms with Crippen molar-refractivity contribution in [2.75, 3.05) is 13.6 Å². The first-order valence-corrected chi connectivity index (χ1v) is 3.44. The van der Waals surface area contributed by atoms with Crippen LogP contribution in [-0.2, 0) is 14.4 Å². The smallest absolute Gasteiger partial charge is 0.323 e. The monoisotopic (exact) mass is 186 g/mol. The summed E-state index contributed by atoms with van der Waals surface area (Å²) in [6.45, 7) is -0.565. The van der Waals surface area contributed by atoms with Crippen molar-refractivity contribution < 1.29 is 19.5 Å². The Morgan fingerprint density at radius 3 is 2.08 bits per heavy atom. The molecule has 6 heteroatoms. The summed E-state index contributed by atoms with van der Waals surface area (Å²) < 4.78 is 0. The lowest BCUT2D eigenvalue weighted by Gasteiger charge is -2.08. The predicted molar refractivity (Wildman–Crippen MR) is 43.6 cm³/mol. The van der Waals surface area contributed by atoms with E-state index in [9.17, 15) is 14.4 Å². The van der Waals surface area contributed by atoms with Gasteiger partial charge in [-0.3, -0.25) is 19.3 Å². The van der Waals surface area contributed by atoms with Crippen LogP contribution < -0.4 is 5.73 Å². The molecule has 1 heterocycles. The molecule has 0 atom stereocenters. The molecule has 2 amide bonds. The first kappa shape index (κ1) is 11.3. The number of carbonyl (C=O) groups is 3. The van der Waals surface area contributed by atoms with E-state index in [2.05, 4.69) is 5.73 Å². The SMILES string of the molecule is CN.O=C(O)CN1C(=O)C=CC1=O. The van der Waals surface area contributed by atoms with Gasteiger partial charge in [-0.25, -0.2) is 0 Å². The Kier molecular flexibility index (Phi) is 4.39. The molecule has 0 saturated carbocycles. The van der Waals surface area contributed by atoms with Crippen LogP contribution in [0.3, 0.4) is 0 Å². The maximum atomic E-state index is 10.7. The second kappa shape index (κ2) is 5.04. The van der Waals surface area contributed by atoms with E-state index in [0.29, 0.717) is 4.90 Å². The number of carbonyl (C=O) groups excluding carboxylic acids is 2. The van der Waals surface area contributed by atoms with Gasteiger partial charge in [-0.2, -0.15) is 0 Å². The van der Waals surface area contributed by atoms with Crippen molar-refractivity contribution >= 4 is 17.8 Å². The normalized spacial score (nSPS) is 14.2. The molecule has 1 rings (SSSR count). The van der Waals surface area contributed by atoms with Crippen molar-refractivity contribution in [2.45, 2.75) is 0 Å². The molecule has 0 unspecified atom stereocenters. The van der Waals surface area contributed by atoms with Crippen LogP contribution in [-0.4, -0.2) is 41.4 Å². The third-order valence-corrected chi connectivity index (χ3v) is 1.19. The summed E-state index contributed by atoms with van der Waals surface area (Å²) in [6.07, 6.45) is 2.09. The number of hydrogen-bond acceptors (Lipinski definition) is 4. The lowest BCUT2D eigenvalue weighted by molar-refractivity contribution is -0.147. The molecule has 0 aromatic heterocycles. The number of carboxylic acid groups (broad SMARTS) is 1. The molecule has 0 aromatic rings. The average Bonchev–Trinajstić information content (AvgIpc) is 2.39. The van der Waals surface area contributed by atoms with E-state index in [1.54, 1.807) is 0 Å². The fourth-order valence-corrected chi connectivity index (χ4v) is 0.722. The van der Waals surface area contributed by atoms with Crippen molar-refractivity contribution in [3.05, 3.63) is 12.2 Å². The highest BCUT2D eigenvalue weighted by atomic mass is 16.4. The molecule has 6 nitrogen and oxygen atoms in total. The first-order valence-electron chi connectivity index (χ1n) is 3.44. The summed E-state index contributed by atoms with van der Waals surface area (Å²) in [5, 5.41) is 8.24. The first-order chi connectivity index (χ1) is 6.11. The van der Waals surface area contributed by atoms with E-state index in [1.165, 1.54) is 7.05 Å². The molecular weight excluding hydrogens is 176 g/mol. The highest BCUT2D eigenvalue weighted by molar-refractivity contribution is 6.14. The molecule has 0 saturated heterocycles. The third kappa shape index (κ3) is 3.04. The van der Waals surface area contributed by atoms with Crippen LogP contribution in [0.15, 0.2) is 12.2 Å². The van der Waals surface area contributed by atoms with Gasteiger partial charge < -0.3 is 10.8 Å². The Morgan fingerprint density at radius 2 is 1.77 bits per heavy atom. The lowest BCUT2D eigenvalue weighted by Crippen LogP contribution is -2.34. The summed E-state index contributed by atoms with van der Waals surface area (Å²) in [7, 11) is 1.50. The van der Waals surface area contributed by atoms with Gasteiger partial charge in [0.1, 0.15) is 6.54 Å². The van der Waals surface area contributed by atoms with Gasteiger partial charge >= 0.3 is 5.97 Å². The number of imide groups is 1. The molecule has 0 bridgehead atoms. The van der Waals surface area contributed by atoms with Crippen LogP contribution in [0.4, 0.5) is 0 Å². The van der Waals surface area contributed by atoms with Crippen LogP contribution in [0.2, 0.25) is 0 Å². The van der Waals surface area contributed by atoms with E-state index in [4.69, 9.17) is 5.11 Å². The zero-order valence-electron chi connectivity index (χ0n) is 7.06. The van der Waals surface area contributed by atoms with E-state index in [0.717, 1.165) is 12.2 Å². The summed E-state index contributed by atoms with van der Waals surface area (Å²) in [5.41, 5.74) is 4.50. The Bertz CT molecular complexity index is 241. The lowest BCUT2D eigenvalue weighted by atomic mass is 10.5. The van der Waals surface area contributed by atoms with Crippen molar-refractivity contribution in [3.63, 3.8) is 0 Å². The van der Waals surface area contributed by atoms with E-state index < -0.39 is 24.3 Å². The van der Waals surface area contributed by atoms with Crippen molar-refractivity contribution in [2.24, 2.45) is 5.73 Å². The van der Waals surface area contributed by atoms with Crippen molar-refractivity contribution in [1.29, 1.82) is 0 Å². The topological polar surface area (TPSA) is 101 Å². The summed E-state index contributed by atoms with van der Waals surface area (Å²) in [5.74, 6) is -2.34. The second-order valence-corrected chi connectivity index (χ2v) is 1.99. The van der Waals surface area contributed by atoms with Gasteiger partial charge in [-0.15, -0.1) is 0 Å². The van der Waals surface area contributed by atoms with Gasteiger partial charge in [-0.1, -0.05) is 0 Å². The quantitative estimate of drug-likeness (QED) is 0.515. The Labute approximate surface area is 74.6 Å². The molecule has 0 radical (unpaired) electrons. The van der Waals surface area contributed by atoms with Crippen molar-refractivity contribution in [1.82, 2.24) is 4.90 Å². The average molecular weight is 186 g/mol. The minimum atomic E-state index is -1.20. The molecule has 72 valence electrons. The molecule has 0 aliphatic carbocycles. The second-order valence-electron chi connectivity index (χ2n) is 1.99. The molecule has 13 heavy (non-hydrogen) atoms. The van der Waals surface area contributed by atoms with Gasteiger partial charge in [0.2, 0.25) is 0 Å². The van der Waals surface area contributed by atoms with Crippen LogP contribution in [0.25, 0.3) is 0 Å². The van der Waals surface area contributed by atoms with Crippen LogP contribution in [0.1, 0.15) is 0 Å². The molecule has 1 aliphatic heterocycles. The number of amides is 2. The fourth-order valence-electron chi connectivity index (χ4n) is 0.722. The Morgan fingerprint density at radius 1 is 1.38 bits per heavy atom. The third-order valence-electron chi connectivity index (χ3n) is 1.19. The number of nitrogens with two attached hydrogens (primary N) is 1. The Hall–Kier alpha value is -1.69. The Balaban J connectivity index is 0.000000671. The number of rotatable bonds is 2. The van der Waals surface area contributed by atoms with E-state index in [1.807, 2.05) is 0 Å². The zero-order chi connectivity index (χ0) is 10.4. The molecule has 0 aromatic carbocycles. The minimum Gasteiger partial charge on any atom is -0.480 e. The van der Waals surface area contributed by atoms with Gasteiger partial charge in [0.15, 0.2) is 0 Å². The molecule has 1 aliphatic rings. The number of aliphatic carboxylic acids is 1. The largest absolute Gasteiger partial charge is 0.480 e. The highest BCUT2D eigenvalue weighted by Gasteiger charge is 2.24. The van der Waals surface area contributed by atoms with Crippen LogP contribution in [0, 0.1) is 0 Å². The van der Waals surface area contributed by atoms with Gasteiger partial charge in [0.05, 0.1) is 0 Å². The number of carboxylic acids is 1. The molecule has 0 fully saturated rings. The minimum absolute atomic E-state index is 0.565. The summed E-state index contributed by atoms with van der Waals surface area (Å²) >= 11 is 0. The summed E-state index contributed by atoms with van der Waals surface area (Å²) in [6, 6.07) is 0. The molecule has 0 spiro atoms. The molecule has 3 N–H and O–H groups in total. The highest BCUT2D eigenvalue weighted by Crippen LogP contribution is 2.01. The van der Waals surface area contributed by atoms with E-state index >= 15 is 0 Å². The van der Waals surface area contributed by atoms with Crippen LogP contribution >= 0.6 is 0 Å². The summed E-state index contributed by atoms with van der Waals surface area (Å²) in [4.78, 5) is 32.1. The van der Waals surface area contributed by atoms with E-state index in [-0.39, 0.29) is 0 Å². The van der Waals surface area contributed by atoms with Gasteiger partial charge in [0.25, 0.3) is 11.8 Å². The van der Waals surface area contributed by atoms with Crippen molar-refractivity contribution in [3.8, 4) is 0 Å². The number of nitrogens with zero attached hydrogens (tertiary/aromatic N) is 1.